The molecule has 0 radical (unpaired) electrons. The van der Waals surface area contributed by atoms with E-state index in [-0.39, 0.29) is 5.91 Å². The molecule has 0 aliphatic carbocycles. The molecule has 9 nitrogen and oxygen atoms in total. The highest BCUT2D eigenvalue weighted by atomic mass is 32.1. The molecule has 1 aromatic carbocycles. The summed E-state index contributed by atoms with van der Waals surface area (Å²) in [6, 6.07) is 3.37. The molecule has 25 heavy (non-hydrogen) atoms. The zero-order chi connectivity index (χ0) is 17.8. The fourth-order valence-corrected chi connectivity index (χ4v) is 3.11. The third-order valence-electron chi connectivity index (χ3n) is 3.44. The van der Waals surface area contributed by atoms with Gasteiger partial charge in [-0.3, -0.25) is 4.79 Å². The number of aromatic nitrogens is 4. The van der Waals surface area contributed by atoms with Gasteiger partial charge in [0.05, 0.1) is 21.3 Å². The quantitative estimate of drug-likeness (QED) is 0.683. The lowest BCUT2D eigenvalue weighted by atomic mass is 10.2. The number of nitrogens with zero attached hydrogens (tertiary/aromatic N) is 4. The van der Waals surface area contributed by atoms with E-state index in [1.807, 2.05) is 0 Å². The number of anilines is 1. The minimum atomic E-state index is -0.139. The number of hydrogen-bond donors (Lipinski definition) is 1. The van der Waals surface area contributed by atoms with Crippen LogP contribution in [-0.2, 0) is 11.2 Å². The third-order valence-corrected chi connectivity index (χ3v) is 4.42. The summed E-state index contributed by atoms with van der Waals surface area (Å²) in [4.78, 5) is 12.9. The molecule has 1 amide bonds. The molecular formula is C15H17N5O4S. The first kappa shape index (κ1) is 17.0. The van der Waals surface area contributed by atoms with E-state index in [4.69, 9.17) is 14.2 Å². The molecule has 0 spiro atoms. The molecule has 0 aliphatic rings. The molecule has 3 aromatic rings. The summed E-state index contributed by atoms with van der Waals surface area (Å²) in [6.07, 6.45) is 2.34. The Morgan fingerprint density at radius 2 is 1.92 bits per heavy atom. The predicted octanol–water partition coefficient (Wildman–Crippen LogP) is 1.78. The molecule has 3 rings (SSSR count). The first-order valence-corrected chi connectivity index (χ1v) is 8.22. The summed E-state index contributed by atoms with van der Waals surface area (Å²) in [5.41, 5.74) is 0.567. The Morgan fingerprint density at radius 1 is 1.20 bits per heavy atom. The number of carbonyl (C=O) groups is 1. The topological polar surface area (TPSA) is 99.9 Å². The van der Waals surface area contributed by atoms with Crippen LogP contribution in [0.15, 0.2) is 18.5 Å². The summed E-state index contributed by atoms with van der Waals surface area (Å²) in [5.74, 6) is 1.29. The Hall–Kier alpha value is -2.88. The van der Waals surface area contributed by atoms with Gasteiger partial charge in [0.15, 0.2) is 11.5 Å². The number of benzene rings is 1. The van der Waals surface area contributed by atoms with Crippen LogP contribution in [0.4, 0.5) is 5.69 Å². The van der Waals surface area contributed by atoms with Crippen molar-refractivity contribution in [3.8, 4) is 17.2 Å². The number of nitrogens with one attached hydrogen (secondary N) is 1. The number of hydrogen-bond acceptors (Lipinski definition) is 8. The van der Waals surface area contributed by atoms with Crippen molar-refractivity contribution in [2.45, 2.75) is 12.8 Å². The largest absolute Gasteiger partial charge is 0.493 e. The van der Waals surface area contributed by atoms with E-state index >= 15 is 0 Å². The van der Waals surface area contributed by atoms with Crippen molar-refractivity contribution in [3.63, 3.8) is 0 Å². The zero-order valence-corrected chi connectivity index (χ0v) is 14.8. The smallest absolute Gasteiger partial charge is 0.234 e. The van der Waals surface area contributed by atoms with Crippen molar-refractivity contribution in [1.82, 2.24) is 19.8 Å². The Morgan fingerprint density at radius 3 is 2.52 bits per heavy atom. The normalized spacial score (nSPS) is 10.7. The lowest BCUT2D eigenvalue weighted by molar-refractivity contribution is -0.116. The van der Waals surface area contributed by atoms with Gasteiger partial charge >= 0.3 is 0 Å². The minimum Gasteiger partial charge on any atom is -0.493 e. The fourth-order valence-electron chi connectivity index (χ4n) is 2.30. The van der Waals surface area contributed by atoms with E-state index in [9.17, 15) is 4.79 Å². The molecule has 132 valence electrons. The third kappa shape index (κ3) is 3.63. The molecule has 0 saturated carbocycles. The number of ether oxygens (including phenoxy) is 3. The fraction of sp³-hybridized carbons (Fsp3) is 0.333. The van der Waals surface area contributed by atoms with E-state index in [2.05, 4.69) is 20.6 Å². The van der Waals surface area contributed by atoms with Gasteiger partial charge in [-0.2, -0.15) is 9.61 Å². The molecular weight excluding hydrogens is 346 g/mol. The molecule has 10 heteroatoms. The van der Waals surface area contributed by atoms with Crippen molar-refractivity contribution >= 4 is 27.9 Å². The lowest BCUT2D eigenvalue weighted by Crippen LogP contribution is -2.12. The number of carbonyl (C=O) groups excluding carboxylic acids is 1. The predicted molar refractivity (Wildman–Crippen MR) is 91.7 cm³/mol. The maximum Gasteiger partial charge on any atom is 0.234 e. The van der Waals surface area contributed by atoms with Gasteiger partial charge in [0.2, 0.25) is 16.6 Å². The van der Waals surface area contributed by atoms with Gasteiger partial charge in [0, 0.05) is 30.7 Å². The Balaban J connectivity index is 1.66. The highest BCUT2D eigenvalue weighted by Gasteiger charge is 2.15. The molecule has 0 aliphatic heterocycles. The summed E-state index contributed by atoms with van der Waals surface area (Å²) in [6.45, 7) is 0. The van der Waals surface area contributed by atoms with Crippen LogP contribution in [0.25, 0.3) is 4.96 Å². The van der Waals surface area contributed by atoms with Gasteiger partial charge < -0.3 is 19.5 Å². The maximum atomic E-state index is 12.2. The Bertz CT molecular complexity index is 838. The monoisotopic (exact) mass is 363 g/mol. The first-order chi connectivity index (χ1) is 12.1. The average Bonchev–Trinajstić information content (AvgIpc) is 3.20. The number of amides is 1. The summed E-state index contributed by atoms with van der Waals surface area (Å²) in [5, 5.41) is 15.6. The summed E-state index contributed by atoms with van der Waals surface area (Å²) >= 11 is 1.41. The number of methoxy groups -OCH3 is 3. The molecule has 0 bridgehead atoms. The second kappa shape index (κ2) is 7.34. The molecule has 1 N–H and O–H groups in total. The molecule has 0 saturated heterocycles. The average molecular weight is 363 g/mol. The van der Waals surface area contributed by atoms with Crippen molar-refractivity contribution in [1.29, 1.82) is 0 Å². The lowest BCUT2D eigenvalue weighted by Gasteiger charge is -2.14. The first-order valence-electron chi connectivity index (χ1n) is 7.40. The SMILES string of the molecule is COc1cc(NC(=O)CCc2nn3cnnc3s2)cc(OC)c1OC. The van der Waals surface area contributed by atoms with Gasteiger partial charge in [-0.15, -0.1) is 10.2 Å². The van der Waals surface area contributed by atoms with E-state index in [0.29, 0.717) is 40.7 Å². The van der Waals surface area contributed by atoms with Crippen LogP contribution < -0.4 is 19.5 Å². The molecule has 2 heterocycles. The van der Waals surface area contributed by atoms with Crippen molar-refractivity contribution in [2.75, 3.05) is 26.6 Å². The standard InChI is InChI=1S/C15H17N5O4S/c1-22-10-6-9(7-11(23-2)14(10)24-3)17-12(21)4-5-13-19-20-8-16-18-15(20)25-13/h6-8H,4-5H2,1-3H3,(H,17,21). The van der Waals surface area contributed by atoms with Gasteiger partial charge in [-0.1, -0.05) is 11.3 Å². The molecule has 2 aromatic heterocycles. The number of fused-ring (bicyclic) bond motifs is 1. The number of aryl methyl sites for hydroxylation is 1. The van der Waals surface area contributed by atoms with Crippen molar-refractivity contribution in [2.24, 2.45) is 0 Å². The zero-order valence-electron chi connectivity index (χ0n) is 14.0. The second-order valence-corrected chi connectivity index (χ2v) is 6.06. The van der Waals surface area contributed by atoms with E-state index in [0.717, 1.165) is 5.01 Å². The molecule has 0 atom stereocenters. The highest BCUT2D eigenvalue weighted by Crippen LogP contribution is 2.39. The number of rotatable bonds is 7. The molecule has 0 unspecified atom stereocenters. The van der Waals surface area contributed by atoms with Crippen molar-refractivity contribution in [3.05, 3.63) is 23.5 Å². The van der Waals surface area contributed by atoms with E-state index in [1.165, 1.54) is 39.0 Å². The highest BCUT2D eigenvalue weighted by molar-refractivity contribution is 7.16. The van der Waals surface area contributed by atoms with Crippen LogP contribution in [0, 0.1) is 0 Å². The van der Waals surface area contributed by atoms with Gasteiger partial charge in [0.25, 0.3) is 0 Å². The maximum absolute atomic E-state index is 12.2. The van der Waals surface area contributed by atoms with Crippen LogP contribution in [0.5, 0.6) is 17.2 Å². The summed E-state index contributed by atoms with van der Waals surface area (Å²) in [7, 11) is 4.58. The minimum absolute atomic E-state index is 0.139. The van der Waals surface area contributed by atoms with Crippen molar-refractivity contribution < 1.29 is 19.0 Å². The van der Waals surface area contributed by atoms with E-state index in [1.54, 1.807) is 16.6 Å². The van der Waals surface area contributed by atoms with Gasteiger partial charge in [-0.25, -0.2) is 0 Å². The van der Waals surface area contributed by atoms with Gasteiger partial charge in [-0.05, 0) is 0 Å². The van der Waals surface area contributed by atoms with Crippen LogP contribution in [0.3, 0.4) is 0 Å². The summed E-state index contributed by atoms with van der Waals surface area (Å²) < 4.78 is 17.4. The Kier molecular flexibility index (Phi) is 4.98. The van der Waals surface area contributed by atoms with Crippen LogP contribution in [0.1, 0.15) is 11.4 Å². The molecule has 0 fully saturated rings. The van der Waals surface area contributed by atoms with Crippen LogP contribution >= 0.6 is 11.3 Å². The second-order valence-electron chi connectivity index (χ2n) is 5.02. The van der Waals surface area contributed by atoms with Gasteiger partial charge in [0.1, 0.15) is 11.3 Å². The van der Waals surface area contributed by atoms with Crippen LogP contribution in [0.2, 0.25) is 0 Å². The Labute approximate surface area is 147 Å². The van der Waals surface area contributed by atoms with Crippen LogP contribution in [-0.4, -0.2) is 47.0 Å². The van der Waals surface area contributed by atoms with E-state index < -0.39 is 0 Å².